The van der Waals surface area contributed by atoms with Crippen molar-refractivity contribution in [2.75, 3.05) is 19.8 Å². The molecule has 4 heteroatoms. The lowest BCUT2D eigenvalue weighted by molar-refractivity contribution is -0.0806. The summed E-state index contributed by atoms with van der Waals surface area (Å²) in [7, 11) is 0. The third-order valence-corrected chi connectivity index (χ3v) is 3.94. The van der Waals surface area contributed by atoms with E-state index in [-0.39, 0.29) is 12.7 Å². The molecule has 1 N–H and O–H groups in total. The molecular formula is C13H18BrNO2. The molecule has 2 unspecified atom stereocenters. The summed E-state index contributed by atoms with van der Waals surface area (Å²) in [6, 6.07) is 8.65. The van der Waals surface area contributed by atoms with Crippen molar-refractivity contribution >= 4 is 15.9 Å². The summed E-state index contributed by atoms with van der Waals surface area (Å²) in [5.41, 5.74) is 1.28. The minimum atomic E-state index is -0.0475. The number of benzene rings is 1. The molecule has 1 saturated heterocycles. The zero-order valence-electron chi connectivity index (χ0n) is 9.97. The summed E-state index contributed by atoms with van der Waals surface area (Å²) in [6.07, 6.45) is -0.0475. The van der Waals surface area contributed by atoms with Gasteiger partial charge in [-0.05, 0) is 18.6 Å². The predicted molar refractivity (Wildman–Crippen MR) is 70.8 cm³/mol. The molecule has 94 valence electrons. The molecule has 1 aliphatic heterocycles. The van der Waals surface area contributed by atoms with Gasteiger partial charge in [-0.25, -0.2) is 0 Å². The van der Waals surface area contributed by atoms with Crippen molar-refractivity contribution in [1.29, 1.82) is 0 Å². The number of ether oxygens (including phenoxy) is 1. The number of morpholine rings is 1. The van der Waals surface area contributed by atoms with Gasteiger partial charge in [0.05, 0.1) is 19.3 Å². The van der Waals surface area contributed by atoms with Gasteiger partial charge in [0.1, 0.15) is 0 Å². The van der Waals surface area contributed by atoms with Gasteiger partial charge < -0.3 is 9.84 Å². The predicted octanol–water partition coefficient (Wildman–Crippen LogP) is 2.03. The van der Waals surface area contributed by atoms with E-state index in [1.165, 1.54) is 5.56 Å². The Labute approximate surface area is 111 Å². The lowest BCUT2D eigenvalue weighted by Crippen LogP contribution is -2.48. The lowest BCUT2D eigenvalue weighted by atomic mass is 10.1. The summed E-state index contributed by atoms with van der Waals surface area (Å²) in [5, 5.41) is 9.15. The summed E-state index contributed by atoms with van der Waals surface area (Å²) in [5.74, 6) is 0. The Bertz CT molecular complexity index is 372. The van der Waals surface area contributed by atoms with Crippen LogP contribution < -0.4 is 0 Å². The molecule has 0 aliphatic carbocycles. The van der Waals surface area contributed by atoms with Gasteiger partial charge in [0.25, 0.3) is 0 Å². The van der Waals surface area contributed by atoms with Crippen molar-refractivity contribution < 1.29 is 9.84 Å². The molecule has 0 radical (unpaired) electrons. The van der Waals surface area contributed by atoms with Gasteiger partial charge in [0, 0.05) is 23.6 Å². The van der Waals surface area contributed by atoms with Crippen LogP contribution in [-0.2, 0) is 11.3 Å². The zero-order valence-corrected chi connectivity index (χ0v) is 11.6. The molecule has 0 bridgehead atoms. The van der Waals surface area contributed by atoms with Crippen LogP contribution in [0.5, 0.6) is 0 Å². The Morgan fingerprint density at radius 1 is 1.47 bits per heavy atom. The highest BCUT2D eigenvalue weighted by Crippen LogP contribution is 2.21. The number of aliphatic hydroxyl groups is 1. The Morgan fingerprint density at radius 2 is 2.24 bits per heavy atom. The molecule has 3 nitrogen and oxygen atoms in total. The van der Waals surface area contributed by atoms with E-state index in [1.54, 1.807) is 0 Å². The first-order valence-electron chi connectivity index (χ1n) is 5.90. The summed E-state index contributed by atoms with van der Waals surface area (Å²) >= 11 is 3.57. The van der Waals surface area contributed by atoms with Crippen LogP contribution in [0.4, 0.5) is 0 Å². The number of nitrogens with zero attached hydrogens (tertiary/aromatic N) is 1. The minimum Gasteiger partial charge on any atom is -0.394 e. The quantitative estimate of drug-likeness (QED) is 0.927. The van der Waals surface area contributed by atoms with Crippen molar-refractivity contribution in [2.45, 2.75) is 25.6 Å². The zero-order chi connectivity index (χ0) is 12.3. The average Bonchev–Trinajstić information content (AvgIpc) is 2.35. The van der Waals surface area contributed by atoms with Crippen molar-refractivity contribution in [3.05, 3.63) is 34.3 Å². The molecule has 17 heavy (non-hydrogen) atoms. The molecule has 1 aromatic carbocycles. The van der Waals surface area contributed by atoms with Gasteiger partial charge in [0.2, 0.25) is 0 Å². The van der Waals surface area contributed by atoms with E-state index < -0.39 is 0 Å². The van der Waals surface area contributed by atoms with Crippen LogP contribution in [-0.4, -0.2) is 41.9 Å². The topological polar surface area (TPSA) is 32.7 Å². The van der Waals surface area contributed by atoms with Crippen LogP contribution in [0.3, 0.4) is 0 Å². The summed E-state index contributed by atoms with van der Waals surface area (Å²) in [6.45, 7) is 4.63. The van der Waals surface area contributed by atoms with Gasteiger partial charge >= 0.3 is 0 Å². The first-order chi connectivity index (χ1) is 8.20. The summed E-state index contributed by atoms with van der Waals surface area (Å²) in [4.78, 5) is 2.35. The minimum absolute atomic E-state index is 0.0475. The average molecular weight is 300 g/mol. The van der Waals surface area contributed by atoms with Crippen LogP contribution in [0.15, 0.2) is 28.7 Å². The number of rotatable bonds is 3. The van der Waals surface area contributed by atoms with E-state index in [0.29, 0.717) is 12.6 Å². The van der Waals surface area contributed by atoms with Crippen LogP contribution in [0.1, 0.15) is 12.5 Å². The van der Waals surface area contributed by atoms with Gasteiger partial charge in [0.15, 0.2) is 0 Å². The van der Waals surface area contributed by atoms with Gasteiger partial charge in [-0.15, -0.1) is 0 Å². The van der Waals surface area contributed by atoms with Crippen molar-refractivity contribution in [1.82, 2.24) is 4.90 Å². The maximum Gasteiger partial charge on any atom is 0.0933 e. The monoisotopic (exact) mass is 299 g/mol. The molecule has 2 rings (SSSR count). The van der Waals surface area contributed by atoms with Gasteiger partial charge in [-0.2, -0.15) is 0 Å². The van der Waals surface area contributed by atoms with Crippen molar-refractivity contribution in [2.24, 2.45) is 0 Å². The van der Waals surface area contributed by atoms with Crippen LogP contribution in [0, 0.1) is 0 Å². The Morgan fingerprint density at radius 3 is 2.94 bits per heavy atom. The van der Waals surface area contributed by atoms with Crippen molar-refractivity contribution in [3.8, 4) is 0 Å². The maximum atomic E-state index is 9.15. The highest BCUT2D eigenvalue weighted by molar-refractivity contribution is 9.10. The normalized spacial score (nSPS) is 26.1. The third-order valence-electron chi connectivity index (χ3n) is 3.17. The molecule has 0 spiro atoms. The Kier molecular flexibility index (Phi) is 4.56. The second-order valence-electron chi connectivity index (χ2n) is 4.51. The molecule has 2 atom stereocenters. The fourth-order valence-electron chi connectivity index (χ4n) is 2.05. The first kappa shape index (κ1) is 13.0. The fraction of sp³-hybridized carbons (Fsp3) is 0.538. The molecular weight excluding hydrogens is 282 g/mol. The van der Waals surface area contributed by atoms with E-state index in [1.807, 2.05) is 6.07 Å². The van der Waals surface area contributed by atoms with Gasteiger partial charge in [-0.3, -0.25) is 4.90 Å². The molecule has 0 amide bonds. The Hall–Kier alpha value is -0.420. The highest BCUT2D eigenvalue weighted by Gasteiger charge is 2.25. The van der Waals surface area contributed by atoms with E-state index in [9.17, 15) is 0 Å². The standard InChI is InChI=1S/C13H18BrNO2/c1-10-9-17-12(8-16)7-15(10)6-11-4-2-3-5-13(11)14/h2-5,10,12,16H,6-9H2,1H3. The number of hydrogen-bond donors (Lipinski definition) is 1. The second-order valence-corrected chi connectivity index (χ2v) is 5.36. The van der Waals surface area contributed by atoms with Crippen LogP contribution in [0.25, 0.3) is 0 Å². The molecule has 0 aromatic heterocycles. The van der Waals surface area contributed by atoms with E-state index in [0.717, 1.165) is 17.6 Å². The number of halogens is 1. The highest BCUT2D eigenvalue weighted by atomic mass is 79.9. The van der Waals surface area contributed by atoms with E-state index in [4.69, 9.17) is 9.84 Å². The third kappa shape index (κ3) is 3.28. The number of aliphatic hydroxyl groups excluding tert-OH is 1. The Balaban J connectivity index is 2.04. The van der Waals surface area contributed by atoms with Gasteiger partial charge in [-0.1, -0.05) is 34.1 Å². The number of hydrogen-bond acceptors (Lipinski definition) is 3. The second kappa shape index (κ2) is 5.96. The molecule has 1 aromatic rings. The molecule has 1 heterocycles. The maximum absolute atomic E-state index is 9.15. The van der Waals surface area contributed by atoms with Crippen LogP contribution >= 0.6 is 15.9 Å². The SMILES string of the molecule is CC1COC(CO)CN1Cc1ccccc1Br. The first-order valence-corrected chi connectivity index (χ1v) is 6.70. The fourth-order valence-corrected chi connectivity index (χ4v) is 2.46. The molecule has 1 aliphatic rings. The smallest absolute Gasteiger partial charge is 0.0933 e. The van der Waals surface area contributed by atoms with E-state index in [2.05, 4.69) is 46.0 Å². The van der Waals surface area contributed by atoms with Crippen molar-refractivity contribution in [3.63, 3.8) is 0 Å². The van der Waals surface area contributed by atoms with E-state index >= 15 is 0 Å². The summed E-state index contributed by atoms with van der Waals surface area (Å²) < 4.78 is 6.67. The molecule has 1 fully saturated rings. The molecule has 0 saturated carbocycles. The lowest BCUT2D eigenvalue weighted by Gasteiger charge is -2.37. The van der Waals surface area contributed by atoms with Crippen LogP contribution in [0.2, 0.25) is 0 Å². The largest absolute Gasteiger partial charge is 0.394 e.